The van der Waals surface area contributed by atoms with Gasteiger partial charge in [0, 0.05) is 18.5 Å². The van der Waals surface area contributed by atoms with Gasteiger partial charge in [-0.1, -0.05) is 25.8 Å². The monoisotopic (exact) mass is 347 g/mol. The van der Waals surface area contributed by atoms with Gasteiger partial charge in [-0.05, 0) is 48.1 Å². The minimum Gasteiger partial charge on any atom is -0.296 e. The molecule has 4 rings (SSSR count). The molecule has 0 bridgehead atoms. The topological polar surface area (TPSA) is 47.8 Å². The molecule has 0 amide bonds. The summed E-state index contributed by atoms with van der Waals surface area (Å²) in [4.78, 5) is 21.2. The van der Waals surface area contributed by atoms with Crippen LogP contribution >= 0.6 is 0 Å². The molecule has 3 aromatic rings. The number of pyridine rings is 1. The van der Waals surface area contributed by atoms with E-state index in [9.17, 15) is 9.18 Å². The molecule has 0 aliphatic carbocycles. The first-order valence-corrected chi connectivity index (χ1v) is 8.59. The van der Waals surface area contributed by atoms with Crippen molar-refractivity contribution in [2.75, 3.05) is 0 Å². The highest BCUT2D eigenvalue weighted by Crippen LogP contribution is 2.29. The van der Waals surface area contributed by atoms with Crippen molar-refractivity contribution in [2.45, 2.75) is 33.2 Å². The van der Waals surface area contributed by atoms with E-state index in [0.717, 1.165) is 24.2 Å². The molecule has 26 heavy (non-hydrogen) atoms. The van der Waals surface area contributed by atoms with Gasteiger partial charge in [0.05, 0.1) is 10.9 Å². The fourth-order valence-corrected chi connectivity index (χ4v) is 3.27. The number of benzene rings is 1. The summed E-state index contributed by atoms with van der Waals surface area (Å²) in [6.45, 7) is 5.04. The second kappa shape index (κ2) is 6.06. The number of aromatic nitrogens is 3. The number of hydrogen-bond acceptors (Lipinski definition) is 3. The first-order chi connectivity index (χ1) is 12.4. The Morgan fingerprint density at radius 3 is 2.81 bits per heavy atom. The van der Waals surface area contributed by atoms with Crippen LogP contribution in [-0.2, 0) is 13.0 Å². The highest BCUT2D eigenvalue weighted by Gasteiger charge is 2.27. The van der Waals surface area contributed by atoms with Gasteiger partial charge in [0.2, 0.25) is 5.95 Å². The molecule has 0 fully saturated rings. The first-order valence-electron chi connectivity index (χ1n) is 8.59. The summed E-state index contributed by atoms with van der Waals surface area (Å²) in [7, 11) is 0. The average molecular weight is 347 g/mol. The van der Waals surface area contributed by atoms with Crippen LogP contribution in [0.25, 0.3) is 10.9 Å². The van der Waals surface area contributed by atoms with Crippen LogP contribution in [-0.4, -0.2) is 14.5 Å². The molecule has 0 atom stereocenters. The third-order valence-electron chi connectivity index (χ3n) is 4.70. The molecule has 0 saturated heterocycles. The third-order valence-corrected chi connectivity index (χ3v) is 4.70. The van der Waals surface area contributed by atoms with Gasteiger partial charge in [-0.15, -0.1) is 0 Å². The quantitative estimate of drug-likeness (QED) is 0.463. The molecular formula is C21H18FN3O. The Hall–Kier alpha value is -3.00. The smallest absolute Gasteiger partial charge is 0.261 e. The van der Waals surface area contributed by atoms with Gasteiger partial charge in [-0.2, -0.15) is 4.39 Å². The van der Waals surface area contributed by atoms with E-state index in [1.165, 1.54) is 6.07 Å². The van der Waals surface area contributed by atoms with Crippen LogP contribution in [0.5, 0.6) is 0 Å². The lowest BCUT2D eigenvalue weighted by Gasteiger charge is -2.31. The summed E-state index contributed by atoms with van der Waals surface area (Å²) < 4.78 is 14.9. The molecule has 0 saturated carbocycles. The molecule has 130 valence electrons. The molecule has 5 heteroatoms. The molecule has 2 aromatic heterocycles. The minimum absolute atomic E-state index is 0.00378. The largest absolute Gasteiger partial charge is 0.296 e. The van der Waals surface area contributed by atoms with Gasteiger partial charge in [-0.3, -0.25) is 9.36 Å². The van der Waals surface area contributed by atoms with Crippen LogP contribution in [0.2, 0.25) is 0 Å². The fourth-order valence-electron chi connectivity index (χ4n) is 3.27. The van der Waals surface area contributed by atoms with Gasteiger partial charge < -0.3 is 0 Å². The predicted octanol–water partition coefficient (Wildman–Crippen LogP) is 3.30. The van der Waals surface area contributed by atoms with Crippen LogP contribution in [0.1, 0.15) is 37.4 Å². The van der Waals surface area contributed by atoms with Crippen molar-refractivity contribution >= 4 is 10.9 Å². The lowest BCUT2D eigenvalue weighted by atomic mass is 9.85. The summed E-state index contributed by atoms with van der Waals surface area (Å²) >= 11 is 0. The Morgan fingerprint density at radius 1 is 1.15 bits per heavy atom. The number of nitrogens with zero attached hydrogens (tertiary/aromatic N) is 3. The second-order valence-electron chi connectivity index (χ2n) is 7.41. The van der Waals surface area contributed by atoms with Crippen molar-refractivity contribution in [1.29, 1.82) is 0 Å². The molecule has 1 aromatic carbocycles. The maximum Gasteiger partial charge on any atom is 0.261 e. The Morgan fingerprint density at radius 2 is 2.00 bits per heavy atom. The molecule has 4 nitrogen and oxygen atoms in total. The number of hydrogen-bond donors (Lipinski definition) is 0. The van der Waals surface area contributed by atoms with Gasteiger partial charge in [0.25, 0.3) is 5.56 Å². The van der Waals surface area contributed by atoms with Gasteiger partial charge in [0.15, 0.2) is 0 Å². The number of rotatable bonds is 0. The molecule has 3 heterocycles. The van der Waals surface area contributed by atoms with E-state index in [1.54, 1.807) is 28.8 Å². The highest BCUT2D eigenvalue weighted by molar-refractivity contribution is 5.79. The van der Waals surface area contributed by atoms with Crippen LogP contribution < -0.4 is 5.56 Å². The Kier molecular flexibility index (Phi) is 3.84. The molecule has 0 radical (unpaired) electrons. The van der Waals surface area contributed by atoms with E-state index < -0.39 is 5.95 Å². The van der Waals surface area contributed by atoms with Crippen LogP contribution in [0, 0.1) is 23.2 Å². The lowest BCUT2D eigenvalue weighted by Crippen LogP contribution is -2.36. The van der Waals surface area contributed by atoms with E-state index in [-0.39, 0.29) is 11.0 Å². The van der Waals surface area contributed by atoms with E-state index in [0.29, 0.717) is 23.1 Å². The molecule has 0 spiro atoms. The van der Waals surface area contributed by atoms with E-state index in [1.807, 2.05) is 6.07 Å². The minimum atomic E-state index is -0.556. The van der Waals surface area contributed by atoms with Crippen molar-refractivity contribution < 1.29 is 4.39 Å². The van der Waals surface area contributed by atoms with Crippen molar-refractivity contribution in [3.05, 3.63) is 69.8 Å². The van der Waals surface area contributed by atoms with Gasteiger partial charge >= 0.3 is 0 Å². The summed E-state index contributed by atoms with van der Waals surface area (Å²) in [5.41, 5.74) is 1.85. The first kappa shape index (κ1) is 16.5. The van der Waals surface area contributed by atoms with Crippen LogP contribution in [0.3, 0.4) is 0 Å². The number of aryl methyl sites for hydroxylation is 1. The zero-order valence-corrected chi connectivity index (χ0v) is 14.7. The van der Waals surface area contributed by atoms with Gasteiger partial charge in [-0.25, -0.2) is 9.97 Å². The zero-order chi connectivity index (χ0) is 18.3. The number of fused-ring (bicyclic) bond motifs is 2. The summed E-state index contributed by atoms with van der Waals surface area (Å²) in [6, 6.07) is 9.87. The zero-order valence-electron chi connectivity index (χ0n) is 14.7. The Bertz CT molecular complexity index is 1140. The van der Waals surface area contributed by atoms with Crippen molar-refractivity contribution in [2.24, 2.45) is 5.41 Å². The molecule has 0 N–H and O–H groups in total. The Labute approximate surface area is 150 Å². The van der Waals surface area contributed by atoms with Crippen molar-refractivity contribution in [1.82, 2.24) is 14.5 Å². The molecular weight excluding hydrogens is 329 g/mol. The van der Waals surface area contributed by atoms with Crippen molar-refractivity contribution in [3.8, 4) is 11.8 Å². The summed E-state index contributed by atoms with van der Waals surface area (Å²) in [5, 5.41) is 0.598. The molecule has 0 unspecified atom stereocenters. The molecule has 1 aliphatic heterocycles. The SMILES string of the molecule is CC1(C)CCc2nc3cc(C#Cc4cccc(F)n4)ccc3c(=O)n2C1. The predicted molar refractivity (Wildman–Crippen MR) is 98.3 cm³/mol. The van der Waals surface area contributed by atoms with Crippen LogP contribution in [0.4, 0.5) is 4.39 Å². The second-order valence-corrected chi connectivity index (χ2v) is 7.41. The summed E-state index contributed by atoms with van der Waals surface area (Å²) in [5.74, 6) is 6.08. The third kappa shape index (κ3) is 3.11. The highest BCUT2D eigenvalue weighted by atomic mass is 19.1. The van der Waals surface area contributed by atoms with Crippen molar-refractivity contribution in [3.63, 3.8) is 0 Å². The maximum atomic E-state index is 13.1. The van der Waals surface area contributed by atoms with E-state index in [4.69, 9.17) is 4.98 Å². The standard InChI is InChI=1S/C21H18FN3O/c1-21(2)11-10-19-24-17-12-14(6-8-15-4-3-5-18(22)23-15)7-9-16(17)20(26)25(19)13-21/h3-5,7,9,12H,10-11,13H2,1-2H3. The lowest BCUT2D eigenvalue weighted by molar-refractivity contribution is 0.240. The normalized spacial score (nSPS) is 15.2. The number of halogens is 1. The Balaban J connectivity index is 1.76. The fraction of sp³-hybridized carbons (Fsp3) is 0.286. The molecule has 1 aliphatic rings. The van der Waals surface area contributed by atoms with E-state index in [2.05, 4.69) is 30.7 Å². The van der Waals surface area contributed by atoms with Gasteiger partial charge in [0.1, 0.15) is 11.5 Å². The van der Waals surface area contributed by atoms with E-state index >= 15 is 0 Å². The maximum absolute atomic E-state index is 13.1. The average Bonchev–Trinajstić information content (AvgIpc) is 2.60. The summed E-state index contributed by atoms with van der Waals surface area (Å²) in [6.07, 6.45) is 1.80. The van der Waals surface area contributed by atoms with Crippen LogP contribution in [0.15, 0.2) is 41.2 Å².